The van der Waals surface area contributed by atoms with Gasteiger partial charge in [-0.15, -0.1) is 0 Å². The smallest absolute Gasteiger partial charge is 0.104 e. The lowest BCUT2D eigenvalue weighted by molar-refractivity contribution is -0.0790. The Kier molecular flexibility index (Phi) is 9.70. The van der Waals surface area contributed by atoms with Crippen LogP contribution in [0.25, 0.3) is 0 Å². The lowest BCUT2D eigenvalue weighted by atomic mass is 10.1. The van der Waals surface area contributed by atoms with E-state index in [-0.39, 0.29) is 12.7 Å². The minimum atomic E-state index is -0.705. The summed E-state index contributed by atoms with van der Waals surface area (Å²) < 4.78 is 11.8. The molecule has 0 amide bonds. The van der Waals surface area contributed by atoms with Crippen molar-refractivity contribution >= 4 is 11.8 Å². The van der Waals surface area contributed by atoms with Crippen molar-refractivity contribution in [2.24, 2.45) is 0 Å². The van der Waals surface area contributed by atoms with Gasteiger partial charge in [-0.2, -0.15) is 0 Å². The van der Waals surface area contributed by atoms with E-state index in [1.54, 1.807) is 11.8 Å². The molecule has 3 aromatic carbocycles. The molecular weight excluding hydrogens is 392 g/mol. The molecule has 0 fully saturated rings. The molecule has 0 aliphatic heterocycles. The number of ether oxygens (including phenoxy) is 2. The van der Waals surface area contributed by atoms with Crippen LogP contribution in [0.4, 0.5) is 0 Å². The Bertz CT molecular complexity index is 853. The molecule has 4 heteroatoms. The normalized spacial score (nSPS) is 13.4. The monoisotopic (exact) mass is 420 g/mol. The van der Waals surface area contributed by atoms with E-state index in [1.165, 1.54) is 4.90 Å². The molecule has 0 aliphatic rings. The van der Waals surface area contributed by atoms with Gasteiger partial charge < -0.3 is 14.6 Å². The van der Waals surface area contributed by atoms with Crippen molar-refractivity contribution < 1.29 is 14.6 Å². The van der Waals surface area contributed by atoms with Gasteiger partial charge in [0.25, 0.3) is 0 Å². The van der Waals surface area contributed by atoms with E-state index < -0.39 is 6.10 Å². The second-order valence-corrected chi connectivity index (χ2v) is 7.92. The van der Waals surface area contributed by atoms with Gasteiger partial charge in [0.1, 0.15) is 6.10 Å². The molecule has 0 aliphatic carbocycles. The van der Waals surface area contributed by atoms with Crippen LogP contribution >= 0.6 is 11.8 Å². The van der Waals surface area contributed by atoms with E-state index in [0.717, 1.165) is 11.1 Å². The predicted octanol–water partition coefficient (Wildman–Crippen LogP) is 5.85. The van der Waals surface area contributed by atoms with E-state index >= 15 is 0 Å². The molecule has 3 nitrogen and oxygen atoms in total. The Morgan fingerprint density at radius 2 is 1.33 bits per heavy atom. The minimum absolute atomic E-state index is 0.230. The Hall–Kier alpha value is -2.37. The number of thioether (sulfide) groups is 1. The molecule has 30 heavy (non-hydrogen) atoms. The molecule has 0 radical (unpaired) electrons. The first kappa shape index (κ1) is 22.3. The van der Waals surface area contributed by atoms with Gasteiger partial charge in [-0.25, -0.2) is 0 Å². The van der Waals surface area contributed by atoms with Crippen molar-refractivity contribution in [1.82, 2.24) is 0 Å². The van der Waals surface area contributed by atoms with Crippen LogP contribution in [0.15, 0.2) is 107 Å². The lowest BCUT2D eigenvalue weighted by Gasteiger charge is -2.22. The fourth-order valence-electron chi connectivity index (χ4n) is 2.91. The maximum Gasteiger partial charge on any atom is 0.104 e. The molecule has 156 valence electrons. The van der Waals surface area contributed by atoms with Gasteiger partial charge in [0.2, 0.25) is 0 Å². The van der Waals surface area contributed by atoms with Gasteiger partial charge in [-0.1, -0.05) is 96.7 Å². The number of aliphatic hydroxyl groups is 1. The SMILES string of the molecule is O[C@H](COCc1ccccc1)[C@H](C/C=C/Sc1ccccc1)OCc1ccccc1. The second kappa shape index (κ2) is 13.0. The summed E-state index contributed by atoms with van der Waals surface area (Å²) in [5, 5.41) is 12.7. The molecule has 0 saturated carbocycles. The average Bonchev–Trinajstić information content (AvgIpc) is 2.80. The quantitative estimate of drug-likeness (QED) is 0.373. The summed E-state index contributed by atoms with van der Waals surface area (Å²) in [6.45, 7) is 1.16. The van der Waals surface area contributed by atoms with Gasteiger partial charge in [-0.05, 0) is 35.1 Å². The fraction of sp³-hybridized carbons (Fsp3) is 0.231. The zero-order valence-electron chi connectivity index (χ0n) is 17.0. The third-order valence-corrected chi connectivity index (χ3v) is 5.42. The molecule has 0 unspecified atom stereocenters. The first-order chi connectivity index (χ1) is 14.8. The van der Waals surface area contributed by atoms with E-state index in [4.69, 9.17) is 9.47 Å². The zero-order valence-corrected chi connectivity index (χ0v) is 17.8. The molecule has 0 aromatic heterocycles. The van der Waals surface area contributed by atoms with Crippen molar-refractivity contribution in [1.29, 1.82) is 0 Å². The van der Waals surface area contributed by atoms with Crippen LogP contribution in [-0.2, 0) is 22.7 Å². The number of aliphatic hydroxyl groups excluding tert-OH is 1. The van der Waals surface area contributed by atoms with Crippen molar-refractivity contribution in [2.75, 3.05) is 6.61 Å². The Balaban J connectivity index is 1.51. The van der Waals surface area contributed by atoms with Crippen molar-refractivity contribution in [3.63, 3.8) is 0 Å². The van der Waals surface area contributed by atoms with E-state index in [1.807, 2.05) is 90.3 Å². The van der Waals surface area contributed by atoms with Crippen molar-refractivity contribution in [2.45, 2.75) is 36.7 Å². The van der Waals surface area contributed by atoms with Crippen LogP contribution < -0.4 is 0 Å². The summed E-state index contributed by atoms with van der Waals surface area (Å²) in [5.74, 6) is 0. The third-order valence-electron chi connectivity index (χ3n) is 4.55. The van der Waals surface area contributed by atoms with Gasteiger partial charge >= 0.3 is 0 Å². The molecular formula is C26H28O3S. The van der Waals surface area contributed by atoms with E-state index in [9.17, 15) is 5.11 Å². The van der Waals surface area contributed by atoms with Gasteiger partial charge in [0.05, 0.1) is 25.9 Å². The third kappa shape index (κ3) is 8.17. The molecule has 0 heterocycles. The van der Waals surface area contributed by atoms with E-state index in [2.05, 4.69) is 12.1 Å². The summed E-state index contributed by atoms with van der Waals surface area (Å²) in [6, 6.07) is 30.2. The van der Waals surface area contributed by atoms with Crippen molar-refractivity contribution in [3.05, 3.63) is 114 Å². The molecule has 3 aromatic rings. The Morgan fingerprint density at radius 1 is 0.767 bits per heavy atom. The first-order valence-electron chi connectivity index (χ1n) is 10.1. The highest BCUT2D eigenvalue weighted by Gasteiger charge is 2.19. The maximum atomic E-state index is 10.7. The summed E-state index contributed by atoms with van der Waals surface area (Å²) in [4.78, 5) is 1.18. The predicted molar refractivity (Wildman–Crippen MR) is 123 cm³/mol. The van der Waals surface area contributed by atoms with Crippen LogP contribution in [0.3, 0.4) is 0 Å². The van der Waals surface area contributed by atoms with Crippen LogP contribution in [0.1, 0.15) is 17.5 Å². The topological polar surface area (TPSA) is 38.7 Å². The molecule has 0 spiro atoms. The lowest BCUT2D eigenvalue weighted by Crippen LogP contribution is -2.32. The Labute approximate surface area is 183 Å². The maximum absolute atomic E-state index is 10.7. The highest BCUT2D eigenvalue weighted by atomic mass is 32.2. The average molecular weight is 421 g/mol. The molecule has 1 N–H and O–H groups in total. The van der Waals surface area contributed by atoms with Crippen LogP contribution in [0.2, 0.25) is 0 Å². The second-order valence-electron chi connectivity index (χ2n) is 6.94. The standard InChI is InChI=1S/C26H28O3S/c27-25(21-28-19-22-11-4-1-5-12-22)26(29-20-23-13-6-2-7-14-23)17-10-18-30-24-15-8-3-9-16-24/h1-16,18,25-27H,17,19-21H2/b18-10+/t25-,26+/m1/s1. The zero-order chi connectivity index (χ0) is 20.9. The summed E-state index contributed by atoms with van der Waals surface area (Å²) in [5.41, 5.74) is 2.17. The molecule has 0 bridgehead atoms. The van der Waals surface area contributed by atoms with Gasteiger partial charge in [-0.3, -0.25) is 0 Å². The van der Waals surface area contributed by atoms with Gasteiger partial charge in [0.15, 0.2) is 0 Å². The van der Waals surface area contributed by atoms with Crippen LogP contribution in [0, 0.1) is 0 Å². The van der Waals surface area contributed by atoms with Crippen LogP contribution in [-0.4, -0.2) is 23.9 Å². The molecule has 3 rings (SSSR count). The Morgan fingerprint density at radius 3 is 1.97 bits per heavy atom. The fourth-order valence-corrected chi connectivity index (χ4v) is 3.59. The summed E-state index contributed by atoms with van der Waals surface area (Å²) >= 11 is 1.65. The van der Waals surface area contributed by atoms with E-state index in [0.29, 0.717) is 19.6 Å². The van der Waals surface area contributed by atoms with Gasteiger partial charge in [0, 0.05) is 4.90 Å². The minimum Gasteiger partial charge on any atom is -0.388 e. The molecule has 0 saturated heterocycles. The number of benzene rings is 3. The highest BCUT2D eigenvalue weighted by molar-refractivity contribution is 8.02. The molecule has 2 atom stereocenters. The largest absolute Gasteiger partial charge is 0.388 e. The number of hydrogen-bond acceptors (Lipinski definition) is 4. The first-order valence-corrected chi connectivity index (χ1v) is 11.0. The number of hydrogen-bond donors (Lipinski definition) is 1. The van der Waals surface area contributed by atoms with Crippen LogP contribution in [0.5, 0.6) is 0 Å². The summed E-state index contributed by atoms with van der Waals surface area (Å²) in [6.07, 6.45) is 1.62. The highest BCUT2D eigenvalue weighted by Crippen LogP contribution is 2.19. The summed E-state index contributed by atoms with van der Waals surface area (Å²) in [7, 11) is 0. The number of rotatable bonds is 12. The van der Waals surface area contributed by atoms with Crippen molar-refractivity contribution in [3.8, 4) is 0 Å².